The lowest BCUT2D eigenvalue weighted by atomic mass is 9.85. The Morgan fingerprint density at radius 3 is 2.11 bits per heavy atom. The predicted molar refractivity (Wildman–Crippen MR) is 103 cm³/mol. The Labute approximate surface area is 162 Å². The van der Waals surface area contributed by atoms with Gasteiger partial charge in [-0.05, 0) is 45.4 Å². The van der Waals surface area contributed by atoms with Crippen molar-refractivity contribution in [1.82, 2.24) is 15.1 Å². The van der Waals surface area contributed by atoms with Crippen molar-refractivity contribution >= 4 is 17.9 Å². The highest BCUT2D eigenvalue weighted by Crippen LogP contribution is 2.26. The normalized spacial score (nSPS) is 20.6. The Balaban J connectivity index is 1.97. The summed E-state index contributed by atoms with van der Waals surface area (Å²) in [5, 5.41) is 2.77. The molecular formula is C20H35N3O4. The molecule has 0 unspecified atom stereocenters. The van der Waals surface area contributed by atoms with Crippen LogP contribution < -0.4 is 5.32 Å². The van der Waals surface area contributed by atoms with Gasteiger partial charge in [-0.2, -0.15) is 0 Å². The summed E-state index contributed by atoms with van der Waals surface area (Å²) < 4.78 is 5.33. The number of hydrogen-bond acceptors (Lipinski definition) is 4. The van der Waals surface area contributed by atoms with E-state index < -0.39 is 23.2 Å². The fraction of sp³-hybridized carbons (Fsp3) is 0.850. The average Bonchev–Trinajstić information content (AvgIpc) is 2.95. The molecule has 2 aliphatic heterocycles. The lowest BCUT2D eigenvalue weighted by molar-refractivity contribution is -0.138. The topological polar surface area (TPSA) is 79.0 Å². The number of hydrogen-bond donors (Lipinski definition) is 1. The summed E-state index contributed by atoms with van der Waals surface area (Å²) in [6.07, 6.45) is 2.59. The van der Waals surface area contributed by atoms with E-state index >= 15 is 0 Å². The Hall–Kier alpha value is -1.79. The Morgan fingerprint density at radius 1 is 1.07 bits per heavy atom. The second-order valence-electron chi connectivity index (χ2n) is 9.69. The molecule has 0 radical (unpaired) electrons. The van der Waals surface area contributed by atoms with Crippen LogP contribution in [0.15, 0.2) is 0 Å². The predicted octanol–water partition coefficient (Wildman–Crippen LogP) is 2.54. The third-order valence-corrected chi connectivity index (χ3v) is 5.10. The van der Waals surface area contributed by atoms with Gasteiger partial charge < -0.3 is 19.9 Å². The van der Waals surface area contributed by atoms with Gasteiger partial charge in [0.05, 0.1) is 0 Å². The maximum Gasteiger partial charge on any atom is 0.408 e. The van der Waals surface area contributed by atoms with Crippen LogP contribution in [0.1, 0.15) is 67.2 Å². The molecule has 0 aliphatic carbocycles. The smallest absolute Gasteiger partial charge is 0.408 e. The maximum absolute atomic E-state index is 13.1. The molecule has 2 heterocycles. The number of likely N-dealkylation sites (tertiary alicyclic amines) is 2. The molecule has 2 saturated heterocycles. The molecule has 0 aromatic rings. The minimum absolute atomic E-state index is 0.0837. The van der Waals surface area contributed by atoms with Crippen LogP contribution in [-0.2, 0) is 14.3 Å². The van der Waals surface area contributed by atoms with Gasteiger partial charge in [-0.15, -0.1) is 0 Å². The van der Waals surface area contributed by atoms with E-state index in [-0.39, 0.29) is 17.9 Å². The highest BCUT2D eigenvalue weighted by molar-refractivity contribution is 5.86. The summed E-state index contributed by atoms with van der Waals surface area (Å²) in [6.45, 7) is 13.2. The first-order valence-corrected chi connectivity index (χ1v) is 9.96. The van der Waals surface area contributed by atoms with E-state index in [0.29, 0.717) is 19.5 Å². The van der Waals surface area contributed by atoms with Crippen molar-refractivity contribution in [3.63, 3.8) is 0 Å². The van der Waals surface area contributed by atoms with E-state index in [2.05, 4.69) is 5.32 Å². The first-order chi connectivity index (χ1) is 12.4. The van der Waals surface area contributed by atoms with Crippen LogP contribution in [0.25, 0.3) is 0 Å². The number of carbonyl (C=O) groups excluding carboxylic acids is 3. The fourth-order valence-corrected chi connectivity index (χ4v) is 3.71. The summed E-state index contributed by atoms with van der Waals surface area (Å²) in [5.74, 6) is 0.151. The minimum atomic E-state index is -0.655. The molecule has 1 atom stereocenters. The zero-order valence-corrected chi connectivity index (χ0v) is 17.6. The highest BCUT2D eigenvalue weighted by Gasteiger charge is 2.39. The van der Waals surface area contributed by atoms with Crippen LogP contribution in [0.5, 0.6) is 0 Å². The van der Waals surface area contributed by atoms with Crippen molar-refractivity contribution in [2.75, 3.05) is 19.6 Å². The quantitative estimate of drug-likeness (QED) is 0.815. The number of amides is 3. The van der Waals surface area contributed by atoms with E-state index in [4.69, 9.17) is 4.74 Å². The summed E-state index contributed by atoms with van der Waals surface area (Å²) in [7, 11) is 0. The largest absolute Gasteiger partial charge is 0.444 e. The molecule has 0 aromatic heterocycles. The first kappa shape index (κ1) is 21.5. The molecule has 27 heavy (non-hydrogen) atoms. The van der Waals surface area contributed by atoms with Crippen LogP contribution in [-0.4, -0.2) is 65.0 Å². The van der Waals surface area contributed by atoms with Gasteiger partial charge in [0.15, 0.2) is 0 Å². The van der Waals surface area contributed by atoms with Crippen molar-refractivity contribution in [1.29, 1.82) is 0 Å². The van der Waals surface area contributed by atoms with Gasteiger partial charge in [-0.1, -0.05) is 20.8 Å². The summed E-state index contributed by atoms with van der Waals surface area (Å²) >= 11 is 0. The monoisotopic (exact) mass is 381 g/mol. The van der Waals surface area contributed by atoms with E-state index in [1.54, 1.807) is 20.8 Å². The van der Waals surface area contributed by atoms with Gasteiger partial charge in [-0.3, -0.25) is 9.59 Å². The summed E-state index contributed by atoms with van der Waals surface area (Å²) in [4.78, 5) is 41.1. The third-order valence-electron chi connectivity index (χ3n) is 5.10. The second-order valence-corrected chi connectivity index (χ2v) is 9.69. The number of nitrogens with zero attached hydrogens (tertiary/aromatic N) is 2. The van der Waals surface area contributed by atoms with E-state index in [0.717, 1.165) is 25.8 Å². The lowest BCUT2D eigenvalue weighted by Crippen LogP contribution is -2.57. The standard InChI is InChI=1S/C20H35N3O4/c1-19(2,3)16(21-18(26)27-20(4,5)6)17(25)22-12-9-14(10-13-22)23-11-7-8-15(23)24/h14,16H,7-13H2,1-6H3,(H,21,26)/t16-/m0/s1. The zero-order chi connectivity index (χ0) is 20.4. The Bertz CT molecular complexity index is 569. The molecule has 0 spiro atoms. The molecular weight excluding hydrogens is 346 g/mol. The zero-order valence-electron chi connectivity index (χ0n) is 17.6. The maximum atomic E-state index is 13.1. The molecule has 0 bridgehead atoms. The Morgan fingerprint density at radius 2 is 1.67 bits per heavy atom. The molecule has 0 aromatic carbocycles. The molecule has 3 amide bonds. The second kappa shape index (κ2) is 8.07. The molecule has 7 heteroatoms. The molecule has 0 saturated carbocycles. The van der Waals surface area contributed by atoms with Crippen molar-refractivity contribution < 1.29 is 19.1 Å². The van der Waals surface area contributed by atoms with Crippen molar-refractivity contribution in [3.05, 3.63) is 0 Å². The number of alkyl carbamates (subject to hydrolysis) is 1. The average molecular weight is 382 g/mol. The van der Waals surface area contributed by atoms with Crippen molar-refractivity contribution in [3.8, 4) is 0 Å². The lowest BCUT2D eigenvalue weighted by Gasteiger charge is -2.40. The van der Waals surface area contributed by atoms with E-state index in [9.17, 15) is 14.4 Å². The van der Waals surface area contributed by atoms with Crippen LogP contribution in [0.3, 0.4) is 0 Å². The van der Waals surface area contributed by atoms with Crippen LogP contribution >= 0.6 is 0 Å². The SMILES string of the molecule is CC(C)(C)OC(=O)N[C@@H](C(=O)N1CCC(N2CCCC2=O)CC1)C(C)(C)C. The van der Waals surface area contributed by atoms with Gasteiger partial charge in [0.25, 0.3) is 0 Å². The van der Waals surface area contributed by atoms with Crippen LogP contribution in [0, 0.1) is 5.41 Å². The molecule has 154 valence electrons. The Kier molecular flexibility index (Phi) is 6.43. The molecule has 2 rings (SSSR count). The molecule has 1 N–H and O–H groups in total. The van der Waals surface area contributed by atoms with Gasteiger partial charge in [0.1, 0.15) is 11.6 Å². The number of ether oxygens (including phenoxy) is 1. The van der Waals surface area contributed by atoms with Gasteiger partial charge in [0, 0.05) is 32.1 Å². The molecule has 2 aliphatic rings. The van der Waals surface area contributed by atoms with Crippen molar-refractivity contribution in [2.24, 2.45) is 5.41 Å². The molecule has 7 nitrogen and oxygen atoms in total. The van der Waals surface area contributed by atoms with E-state index in [1.807, 2.05) is 30.6 Å². The minimum Gasteiger partial charge on any atom is -0.444 e. The number of nitrogens with one attached hydrogen (secondary N) is 1. The number of rotatable bonds is 3. The van der Waals surface area contributed by atoms with Crippen molar-refractivity contribution in [2.45, 2.75) is 84.9 Å². The van der Waals surface area contributed by atoms with Gasteiger partial charge in [0.2, 0.25) is 11.8 Å². The summed E-state index contributed by atoms with van der Waals surface area (Å²) in [6, 6.07) is -0.423. The van der Waals surface area contributed by atoms with Gasteiger partial charge in [-0.25, -0.2) is 4.79 Å². The van der Waals surface area contributed by atoms with Gasteiger partial charge >= 0.3 is 6.09 Å². The van der Waals surface area contributed by atoms with Crippen LogP contribution in [0.2, 0.25) is 0 Å². The molecule has 2 fully saturated rings. The fourth-order valence-electron chi connectivity index (χ4n) is 3.71. The van der Waals surface area contributed by atoms with E-state index in [1.165, 1.54) is 0 Å². The highest BCUT2D eigenvalue weighted by atomic mass is 16.6. The number of carbonyl (C=O) groups is 3. The first-order valence-electron chi connectivity index (χ1n) is 9.96. The van der Waals surface area contributed by atoms with Crippen LogP contribution in [0.4, 0.5) is 4.79 Å². The summed E-state index contributed by atoms with van der Waals surface area (Å²) in [5.41, 5.74) is -1.05. The third kappa shape index (κ3) is 5.84. The number of piperidine rings is 1.